The molecule has 0 bridgehead atoms. The van der Waals surface area contributed by atoms with Crippen molar-refractivity contribution in [1.29, 1.82) is 0 Å². The molecule has 0 spiro atoms. The van der Waals surface area contributed by atoms with Crippen molar-refractivity contribution in [2.75, 3.05) is 25.6 Å². The van der Waals surface area contributed by atoms with Crippen molar-refractivity contribution in [3.8, 4) is 0 Å². The summed E-state index contributed by atoms with van der Waals surface area (Å²) in [4.78, 5) is 39.8. The molecule has 3 amide bonds. The lowest BCUT2D eigenvalue weighted by molar-refractivity contribution is -0.126. The Labute approximate surface area is 210 Å². The Morgan fingerprint density at radius 3 is 2.19 bits per heavy atom. The topological polar surface area (TPSA) is 97.0 Å². The van der Waals surface area contributed by atoms with E-state index in [0.29, 0.717) is 24.4 Å². The largest absolute Gasteiger partial charge is 0.438 e. The number of cyclic esters (lactones) is 1. The van der Waals surface area contributed by atoms with E-state index in [9.17, 15) is 14.4 Å². The predicted molar refractivity (Wildman–Crippen MR) is 135 cm³/mol. The molecule has 186 valence electrons. The zero-order valence-corrected chi connectivity index (χ0v) is 20.1. The maximum atomic E-state index is 13.1. The molecule has 0 aromatic heterocycles. The Morgan fingerprint density at radius 1 is 0.917 bits per heavy atom. The summed E-state index contributed by atoms with van der Waals surface area (Å²) in [5.74, 6) is -0.454. The molecule has 0 aliphatic carbocycles. The molecule has 1 aliphatic heterocycles. The summed E-state index contributed by atoms with van der Waals surface area (Å²) in [6.07, 6.45) is -1.09. The van der Waals surface area contributed by atoms with Crippen molar-refractivity contribution >= 4 is 23.6 Å². The van der Waals surface area contributed by atoms with Gasteiger partial charge in [0, 0.05) is 19.3 Å². The first-order chi connectivity index (χ1) is 17.5. The van der Waals surface area contributed by atoms with Gasteiger partial charge in [0.05, 0.1) is 19.6 Å². The highest BCUT2D eigenvalue weighted by Gasteiger charge is 2.46. The van der Waals surface area contributed by atoms with Crippen LogP contribution in [0.3, 0.4) is 0 Å². The summed E-state index contributed by atoms with van der Waals surface area (Å²) in [6.45, 7) is 0.915. The molecule has 36 heavy (non-hydrogen) atoms. The van der Waals surface area contributed by atoms with Crippen LogP contribution >= 0.6 is 0 Å². The molecule has 4 rings (SSSR count). The summed E-state index contributed by atoms with van der Waals surface area (Å²) in [6, 6.07) is 25.1. The minimum absolute atomic E-state index is 0.134. The van der Waals surface area contributed by atoms with Gasteiger partial charge in [0.1, 0.15) is 0 Å². The van der Waals surface area contributed by atoms with Crippen molar-refractivity contribution in [2.45, 2.75) is 25.1 Å². The smallest absolute Gasteiger partial charge is 0.411 e. The lowest BCUT2D eigenvalue weighted by Crippen LogP contribution is -2.47. The first-order valence-electron chi connectivity index (χ1n) is 11.8. The lowest BCUT2D eigenvalue weighted by Gasteiger charge is -2.24. The van der Waals surface area contributed by atoms with Crippen LogP contribution in [0.25, 0.3) is 0 Å². The fourth-order valence-corrected chi connectivity index (χ4v) is 4.11. The number of nitrogens with one attached hydrogen (secondary N) is 2. The molecule has 0 saturated carbocycles. The maximum absolute atomic E-state index is 13.1. The Bertz CT molecular complexity index is 1170. The van der Waals surface area contributed by atoms with Gasteiger partial charge in [-0.1, -0.05) is 72.8 Å². The maximum Gasteiger partial charge on any atom is 0.411 e. The molecule has 8 nitrogen and oxygen atoms in total. The third kappa shape index (κ3) is 6.28. The molecule has 1 saturated heterocycles. The van der Waals surface area contributed by atoms with E-state index in [1.54, 1.807) is 31.4 Å². The van der Waals surface area contributed by atoms with Gasteiger partial charge in [0.2, 0.25) is 11.8 Å². The lowest BCUT2D eigenvalue weighted by atomic mass is 10.00. The highest BCUT2D eigenvalue weighted by molar-refractivity contribution is 5.92. The molecule has 8 heteroatoms. The van der Waals surface area contributed by atoms with Crippen LogP contribution in [0.15, 0.2) is 84.9 Å². The molecule has 3 aromatic rings. The van der Waals surface area contributed by atoms with Crippen LogP contribution < -0.4 is 10.6 Å². The van der Waals surface area contributed by atoms with Crippen LogP contribution in [0.5, 0.6) is 0 Å². The molecule has 1 fully saturated rings. The van der Waals surface area contributed by atoms with Gasteiger partial charge >= 0.3 is 6.09 Å². The van der Waals surface area contributed by atoms with E-state index in [4.69, 9.17) is 9.47 Å². The molecule has 2 atom stereocenters. The number of hydrogen-bond acceptors (Lipinski definition) is 5. The van der Waals surface area contributed by atoms with Crippen molar-refractivity contribution in [2.24, 2.45) is 0 Å². The molecule has 2 unspecified atom stereocenters. The van der Waals surface area contributed by atoms with E-state index in [1.165, 1.54) is 4.90 Å². The van der Waals surface area contributed by atoms with Crippen molar-refractivity contribution in [3.63, 3.8) is 0 Å². The van der Waals surface area contributed by atoms with Gasteiger partial charge in [-0.3, -0.25) is 14.5 Å². The first-order valence-corrected chi connectivity index (χ1v) is 11.8. The summed E-state index contributed by atoms with van der Waals surface area (Å²) < 4.78 is 10.7. The summed E-state index contributed by atoms with van der Waals surface area (Å²) in [5.41, 5.74) is 3.09. The summed E-state index contributed by atoms with van der Waals surface area (Å²) in [5, 5.41) is 5.70. The number of hydrogen-bond donors (Lipinski definition) is 2. The quantitative estimate of drug-likeness (QED) is 0.425. The highest BCUT2D eigenvalue weighted by atomic mass is 16.6. The van der Waals surface area contributed by atoms with Crippen LogP contribution in [0.1, 0.15) is 22.8 Å². The average Bonchev–Trinajstić information content (AvgIpc) is 3.21. The van der Waals surface area contributed by atoms with E-state index in [0.717, 1.165) is 11.1 Å². The number of carbonyl (C=O) groups is 3. The van der Waals surface area contributed by atoms with Crippen LogP contribution in [-0.4, -0.2) is 49.1 Å². The molecule has 0 radical (unpaired) electrons. The van der Waals surface area contributed by atoms with Crippen molar-refractivity contribution in [3.05, 3.63) is 102 Å². The number of anilines is 1. The monoisotopic (exact) mass is 487 g/mol. The zero-order chi connectivity index (χ0) is 25.3. The Morgan fingerprint density at radius 2 is 1.56 bits per heavy atom. The van der Waals surface area contributed by atoms with Crippen molar-refractivity contribution in [1.82, 2.24) is 10.2 Å². The van der Waals surface area contributed by atoms with Gasteiger partial charge < -0.3 is 20.1 Å². The molecular formula is C28H29N3O5. The minimum atomic E-state index is -0.854. The molecule has 1 heterocycles. The number of ether oxygens (including phenoxy) is 2. The van der Waals surface area contributed by atoms with E-state index in [1.807, 2.05) is 60.7 Å². The molecule has 1 aliphatic rings. The SMILES string of the molecule is COCCNC(=O)C1C(c2ccc(NC(=O)Cc3ccccc3)cc2)OC(=O)N1Cc1ccccc1. The number of benzene rings is 3. The number of carbonyl (C=O) groups excluding carboxylic acids is 3. The second-order valence-electron chi connectivity index (χ2n) is 8.48. The van der Waals surface area contributed by atoms with Gasteiger partial charge in [0.15, 0.2) is 12.1 Å². The highest BCUT2D eigenvalue weighted by Crippen LogP contribution is 2.34. The van der Waals surface area contributed by atoms with Gasteiger partial charge in [-0.15, -0.1) is 0 Å². The number of amides is 3. The fraction of sp³-hybridized carbons (Fsp3) is 0.250. The molecular weight excluding hydrogens is 458 g/mol. The number of nitrogens with zero attached hydrogens (tertiary/aromatic N) is 1. The van der Waals surface area contributed by atoms with E-state index in [2.05, 4.69) is 10.6 Å². The van der Waals surface area contributed by atoms with E-state index in [-0.39, 0.29) is 24.8 Å². The second-order valence-corrected chi connectivity index (χ2v) is 8.48. The van der Waals surface area contributed by atoms with E-state index < -0.39 is 18.2 Å². The standard InChI is InChI=1S/C28H29N3O5/c1-35-17-16-29-27(33)25-26(36-28(34)31(25)19-21-10-6-3-7-11-21)22-12-14-23(15-13-22)30-24(32)18-20-8-4-2-5-9-20/h2-15,25-26H,16-19H2,1H3,(H,29,33)(H,30,32). The normalized spacial score (nSPS) is 16.9. The van der Waals surface area contributed by atoms with Crippen LogP contribution in [-0.2, 0) is 32.0 Å². The Balaban J connectivity index is 1.49. The first kappa shape index (κ1) is 24.9. The summed E-state index contributed by atoms with van der Waals surface area (Å²) in [7, 11) is 1.55. The second kappa shape index (κ2) is 12.0. The van der Waals surface area contributed by atoms with Crippen LogP contribution in [0.2, 0.25) is 0 Å². The number of rotatable bonds is 10. The van der Waals surface area contributed by atoms with Crippen LogP contribution in [0, 0.1) is 0 Å². The van der Waals surface area contributed by atoms with Crippen LogP contribution in [0.4, 0.5) is 10.5 Å². The van der Waals surface area contributed by atoms with E-state index >= 15 is 0 Å². The fourth-order valence-electron chi connectivity index (χ4n) is 4.11. The average molecular weight is 488 g/mol. The third-order valence-electron chi connectivity index (χ3n) is 5.89. The molecule has 3 aromatic carbocycles. The van der Waals surface area contributed by atoms with Gasteiger partial charge in [0.25, 0.3) is 0 Å². The number of methoxy groups -OCH3 is 1. The van der Waals surface area contributed by atoms with Crippen molar-refractivity contribution < 1.29 is 23.9 Å². The predicted octanol–water partition coefficient (Wildman–Crippen LogP) is 3.69. The van der Waals surface area contributed by atoms with Gasteiger partial charge in [-0.2, -0.15) is 0 Å². The third-order valence-corrected chi connectivity index (χ3v) is 5.89. The van der Waals surface area contributed by atoms with Gasteiger partial charge in [-0.25, -0.2) is 4.79 Å². The Kier molecular flexibility index (Phi) is 8.31. The molecule has 2 N–H and O–H groups in total. The summed E-state index contributed by atoms with van der Waals surface area (Å²) >= 11 is 0. The Hall–Kier alpha value is -4.17. The minimum Gasteiger partial charge on any atom is -0.438 e. The zero-order valence-electron chi connectivity index (χ0n) is 20.1. The van der Waals surface area contributed by atoms with Gasteiger partial charge in [-0.05, 0) is 28.8 Å².